The number of rotatable bonds is 22. The maximum absolute atomic E-state index is 12.3. The molecule has 0 aromatic heterocycles. The van der Waals surface area contributed by atoms with E-state index in [0.717, 1.165) is 17.9 Å². The van der Waals surface area contributed by atoms with Crippen LogP contribution in [-0.2, 0) is 33.7 Å². The fraction of sp³-hybridized carbons (Fsp3) is 0.926. The van der Waals surface area contributed by atoms with Gasteiger partial charge in [-0.3, -0.25) is 9.59 Å². The highest BCUT2D eigenvalue weighted by atomic mass is 16.6. The maximum atomic E-state index is 12.3. The molecule has 0 aromatic carbocycles. The van der Waals surface area contributed by atoms with Gasteiger partial charge in [0.2, 0.25) is 5.91 Å². The molecule has 1 atom stereocenters. The molecule has 1 saturated heterocycles. The first-order valence-corrected chi connectivity index (χ1v) is 13.9. The number of hydrogen-bond donors (Lipinski definition) is 1. The summed E-state index contributed by atoms with van der Waals surface area (Å²) in [6.07, 6.45) is 14.2. The van der Waals surface area contributed by atoms with Crippen LogP contribution in [0.5, 0.6) is 0 Å². The SMILES string of the molecule is CCCCCCCCCCCCCC(=O)OCCOCCOCC(=O)NCC1(C)OCC(C)(C)N1[O]. The van der Waals surface area contributed by atoms with Crippen LogP contribution in [-0.4, -0.2) is 74.4 Å². The first kappa shape index (κ1) is 32.8. The van der Waals surface area contributed by atoms with Gasteiger partial charge in [-0.15, -0.1) is 10.3 Å². The monoisotopic (exact) mass is 515 g/mol. The Balaban J connectivity index is 1.86. The Morgan fingerprint density at radius 3 is 1.97 bits per heavy atom. The van der Waals surface area contributed by atoms with Gasteiger partial charge in [0.15, 0.2) is 5.72 Å². The Morgan fingerprint density at radius 1 is 0.833 bits per heavy atom. The highest BCUT2D eigenvalue weighted by Crippen LogP contribution is 2.32. The lowest BCUT2D eigenvalue weighted by molar-refractivity contribution is -0.281. The normalized spacial score (nSPS) is 19.5. The lowest BCUT2D eigenvalue weighted by Gasteiger charge is -2.32. The number of carbonyl (C=O) groups is 2. The topological polar surface area (TPSA) is 106 Å². The first-order chi connectivity index (χ1) is 17.2. The molecule has 0 bridgehead atoms. The van der Waals surface area contributed by atoms with Crippen molar-refractivity contribution in [1.29, 1.82) is 0 Å². The van der Waals surface area contributed by atoms with Crippen molar-refractivity contribution in [3.63, 3.8) is 0 Å². The summed E-state index contributed by atoms with van der Waals surface area (Å²) in [4.78, 5) is 23.7. The largest absolute Gasteiger partial charge is 0.463 e. The van der Waals surface area contributed by atoms with Gasteiger partial charge < -0.3 is 24.3 Å². The minimum Gasteiger partial charge on any atom is -0.463 e. The molecule has 0 saturated carbocycles. The molecule has 36 heavy (non-hydrogen) atoms. The second-order valence-electron chi connectivity index (χ2n) is 10.5. The number of amides is 1. The van der Waals surface area contributed by atoms with Crippen molar-refractivity contribution in [3.8, 4) is 0 Å². The average Bonchev–Trinajstić information content (AvgIpc) is 3.06. The highest BCUT2D eigenvalue weighted by Gasteiger charge is 2.50. The molecule has 1 unspecified atom stereocenters. The van der Waals surface area contributed by atoms with Crippen LogP contribution < -0.4 is 5.32 Å². The molecule has 9 nitrogen and oxygen atoms in total. The Morgan fingerprint density at radius 2 is 1.39 bits per heavy atom. The molecular formula is C27H51N2O7. The van der Waals surface area contributed by atoms with Crippen LogP contribution in [0.3, 0.4) is 0 Å². The molecule has 1 amide bonds. The Kier molecular flexibility index (Phi) is 17.2. The minimum absolute atomic E-state index is 0.0865. The van der Waals surface area contributed by atoms with Gasteiger partial charge >= 0.3 is 5.97 Å². The first-order valence-electron chi connectivity index (χ1n) is 13.9. The van der Waals surface area contributed by atoms with E-state index in [1.165, 1.54) is 57.8 Å². The van der Waals surface area contributed by atoms with Gasteiger partial charge in [0.25, 0.3) is 0 Å². The van der Waals surface area contributed by atoms with Crippen molar-refractivity contribution >= 4 is 11.9 Å². The van der Waals surface area contributed by atoms with Crippen molar-refractivity contribution in [3.05, 3.63) is 0 Å². The van der Waals surface area contributed by atoms with E-state index in [0.29, 0.717) is 26.2 Å². The molecule has 1 aliphatic heterocycles. The van der Waals surface area contributed by atoms with Crippen LogP contribution in [0.25, 0.3) is 0 Å². The van der Waals surface area contributed by atoms with Crippen LogP contribution in [0.15, 0.2) is 0 Å². The zero-order valence-corrected chi connectivity index (χ0v) is 23.2. The molecule has 1 heterocycles. The number of ether oxygens (including phenoxy) is 4. The fourth-order valence-electron chi connectivity index (χ4n) is 4.13. The van der Waals surface area contributed by atoms with E-state index >= 15 is 0 Å². The van der Waals surface area contributed by atoms with Gasteiger partial charge in [-0.2, -0.15) is 0 Å². The summed E-state index contributed by atoms with van der Waals surface area (Å²) in [6.45, 7) is 8.84. The number of hydrogen-bond acceptors (Lipinski definition) is 7. The summed E-state index contributed by atoms with van der Waals surface area (Å²) >= 11 is 0. The van der Waals surface area contributed by atoms with Crippen molar-refractivity contribution in [2.24, 2.45) is 0 Å². The van der Waals surface area contributed by atoms with Gasteiger partial charge in [-0.1, -0.05) is 71.1 Å². The van der Waals surface area contributed by atoms with Crippen LogP contribution >= 0.6 is 0 Å². The summed E-state index contributed by atoms with van der Waals surface area (Å²) in [7, 11) is 0. The number of unbranched alkanes of at least 4 members (excludes halogenated alkanes) is 10. The van der Waals surface area contributed by atoms with Gasteiger partial charge in [-0.25, -0.2) is 0 Å². The van der Waals surface area contributed by atoms with E-state index in [2.05, 4.69) is 12.2 Å². The Hall–Kier alpha value is -1.26. The van der Waals surface area contributed by atoms with Crippen LogP contribution in [0, 0.1) is 0 Å². The van der Waals surface area contributed by atoms with Gasteiger partial charge in [0, 0.05) is 6.42 Å². The summed E-state index contributed by atoms with van der Waals surface area (Å²) in [5.74, 6) is -0.503. The second kappa shape index (κ2) is 18.9. The Bertz CT molecular complexity index is 603. The van der Waals surface area contributed by atoms with E-state index in [1.54, 1.807) is 20.8 Å². The predicted molar refractivity (Wildman–Crippen MR) is 138 cm³/mol. The Labute approximate surface area is 218 Å². The summed E-state index contributed by atoms with van der Waals surface area (Å²) in [6, 6.07) is 0. The van der Waals surface area contributed by atoms with Gasteiger partial charge in [0.1, 0.15) is 13.2 Å². The van der Waals surface area contributed by atoms with E-state index < -0.39 is 11.3 Å². The molecule has 1 aliphatic rings. The molecule has 1 radical (unpaired) electrons. The molecule has 9 heteroatoms. The van der Waals surface area contributed by atoms with E-state index in [4.69, 9.17) is 18.9 Å². The highest BCUT2D eigenvalue weighted by molar-refractivity contribution is 5.77. The molecule has 0 aliphatic carbocycles. The molecule has 1 rings (SSSR count). The number of nitrogens with zero attached hydrogens (tertiary/aromatic N) is 1. The number of nitrogens with one attached hydrogen (secondary N) is 1. The van der Waals surface area contributed by atoms with Crippen LogP contribution in [0.4, 0.5) is 0 Å². The molecular weight excluding hydrogens is 464 g/mol. The zero-order chi connectivity index (χ0) is 26.7. The van der Waals surface area contributed by atoms with E-state index in [1.807, 2.05) is 0 Å². The molecule has 211 valence electrons. The number of hydroxylamine groups is 2. The third-order valence-electron chi connectivity index (χ3n) is 6.41. The minimum atomic E-state index is -1.08. The van der Waals surface area contributed by atoms with Gasteiger partial charge in [0.05, 0.1) is 38.5 Å². The third kappa shape index (κ3) is 14.5. The lowest BCUT2D eigenvalue weighted by Crippen LogP contribution is -2.53. The smallest absolute Gasteiger partial charge is 0.305 e. The van der Waals surface area contributed by atoms with Crippen LogP contribution in [0.2, 0.25) is 0 Å². The molecule has 0 spiro atoms. The summed E-state index contributed by atoms with van der Waals surface area (Å²) in [5, 5.41) is 15.9. The zero-order valence-electron chi connectivity index (χ0n) is 23.2. The van der Waals surface area contributed by atoms with Gasteiger partial charge in [-0.05, 0) is 27.2 Å². The number of esters is 1. The average molecular weight is 516 g/mol. The molecule has 1 fully saturated rings. The fourth-order valence-corrected chi connectivity index (χ4v) is 4.13. The second-order valence-corrected chi connectivity index (χ2v) is 10.5. The number of carbonyl (C=O) groups excluding carboxylic acids is 2. The predicted octanol–water partition coefficient (Wildman–Crippen LogP) is 4.55. The van der Waals surface area contributed by atoms with Crippen molar-refractivity contribution in [1.82, 2.24) is 10.4 Å². The van der Waals surface area contributed by atoms with Crippen molar-refractivity contribution in [2.45, 2.75) is 116 Å². The standard InChI is InChI=1S/C27H51N2O7/c1-5-6-7-8-9-10-11-12-13-14-15-16-25(31)35-20-19-33-17-18-34-21-24(30)28-22-27(4)29(32)26(2,3)23-36-27/h5-23H2,1-4H3,(H,28,30). The molecule has 1 N–H and O–H groups in total. The van der Waals surface area contributed by atoms with Crippen molar-refractivity contribution < 1.29 is 33.7 Å². The lowest BCUT2D eigenvalue weighted by atomic mass is 10.1. The quantitative estimate of drug-likeness (QED) is 0.166. The van der Waals surface area contributed by atoms with E-state index in [9.17, 15) is 14.8 Å². The van der Waals surface area contributed by atoms with E-state index in [-0.39, 0.29) is 38.2 Å². The summed E-state index contributed by atoms with van der Waals surface area (Å²) in [5.41, 5.74) is -1.69. The molecule has 0 aromatic rings. The van der Waals surface area contributed by atoms with Crippen LogP contribution in [0.1, 0.15) is 105 Å². The summed E-state index contributed by atoms with van der Waals surface area (Å²) < 4.78 is 21.4. The van der Waals surface area contributed by atoms with Crippen molar-refractivity contribution in [2.75, 3.05) is 46.2 Å². The third-order valence-corrected chi connectivity index (χ3v) is 6.41. The maximum Gasteiger partial charge on any atom is 0.305 e.